The molecule has 8 heteroatoms. The van der Waals surface area contributed by atoms with E-state index in [1.165, 1.54) is 24.3 Å². The molecule has 2 N–H and O–H groups in total. The molecule has 0 radical (unpaired) electrons. The Hall–Kier alpha value is -3.00. The van der Waals surface area contributed by atoms with Gasteiger partial charge in [0.1, 0.15) is 5.82 Å². The van der Waals surface area contributed by atoms with Crippen LogP contribution in [0.15, 0.2) is 46.5 Å². The molecule has 1 fully saturated rings. The number of fused-ring (bicyclic) bond motifs is 1. The number of hydrogen-bond donors (Lipinski definition) is 2. The van der Waals surface area contributed by atoms with E-state index in [-0.39, 0.29) is 17.3 Å². The Kier molecular flexibility index (Phi) is 5.66. The number of aliphatic carboxylic acids is 2. The summed E-state index contributed by atoms with van der Waals surface area (Å²) in [5.74, 6) is -2.84. The SMILES string of the molecule is CC1(C(=O)O)C=CC=C(C(=O)O)C1CCN1CCC(c2noc3cc(F)ccc23)CC1. The third-order valence-corrected chi connectivity index (χ3v) is 6.70. The lowest BCUT2D eigenvalue weighted by atomic mass is 9.68. The molecule has 2 atom stereocenters. The van der Waals surface area contributed by atoms with Crippen LogP contribution in [-0.4, -0.2) is 51.8 Å². The van der Waals surface area contributed by atoms with E-state index in [2.05, 4.69) is 10.1 Å². The fourth-order valence-electron chi connectivity index (χ4n) is 4.77. The molecule has 1 aromatic carbocycles. The molecule has 0 saturated carbocycles. The molecule has 4 rings (SSSR count). The van der Waals surface area contributed by atoms with Gasteiger partial charge in [0.05, 0.1) is 11.1 Å². The summed E-state index contributed by atoms with van der Waals surface area (Å²) in [5, 5.41) is 24.3. The van der Waals surface area contributed by atoms with Crippen LogP contribution in [-0.2, 0) is 9.59 Å². The van der Waals surface area contributed by atoms with Crippen molar-refractivity contribution in [3.8, 4) is 0 Å². The van der Waals surface area contributed by atoms with E-state index in [9.17, 15) is 24.2 Å². The second-order valence-corrected chi connectivity index (χ2v) is 8.54. The molecule has 1 saturated heterocycles. The maximum absolute atomic E-state index is 13.4. The summed E-state index contributed by atoms with van der Waals surface area (Å²) < 4.78 is 18.7. The highest BCUT2D eigenvalue weighted by molar-refractivity contribution is 5.91. The van der Waals surface area contributed by atoms with Gasteiger partial charge in [-0.2, -0.15) is 0 Å². The third kappa shape index (κ3) is 3.99. The number of carbonyl (C=O) groups is 2. The van der Waals surface area contributed by atoms with Gasteiger partial charge in [0, 0.05) is 28.9 Å². The van der Waals surface area contributed by atoms with E-state index in [0.717, 1.165) is 37.0 Å². The summed E-state index contributed by atoms with van der Waals surface area (Å²) in [6.07, 6.45) is 6.75. The monoisotopic (exact) mass is 428 g/mol. The summed E-state index contributed by atoms with van der Waals surface area (Å²) in [6.45, 7) is 3.78. The number of nitrogens with zero attached hydrogens (tertiary/aromatic N) is 2. The number of likely N-dealkylation sites (tertiary alicyclic amines) is 1. The van der Waals surface area contributed by atoms with E-state index in [1.54, 1.807) is 19.1 Å². The van der Waals surface area contributed by atoms with Crippen LogP contribution in [0, 0.1) is 17.2 Å². The number of rotatable bonds is 6. The molecule has 1 aliphatic carbocycles. The first-order valence-electron chi connectivity index (χ1n) is 10.4. The molecule has 2 aliphatic rings. The maximum atomic E-state index is 13.4. The average molecular weight is 428 g/mol. The molecule has 2 unspecified atom stereocenters. The van der Waals surface area contributed by atoms with Crippen molar-refractivity contribution in [2.75, 3.05) is 19.6 Å². The first-order chi connectivity index (χ1) is 14.8. The number of hydrogen-bond acceptors (Lipinski definition) is 5. The zero-order chi connectivity index (χ0) is 22.2. The van der Waals surface area contributed by atoms with Crippen molar-refractivity contribution in [1.82, 2.24) is 10.1 Å². The molecule has 0 amide bonds. The quantitative estimate of drug-likeness (QED) is 0.721. The zero-order valence-corrected chi connectivity index (χ0v) is 17.3. The van der Waals surface area contributed by atoms with E-state index in [1.807, 2.05) is 0 Å². The average Bonchev–Trinajstić information content (AvgIpc) is 3.15. The summed E-state index contributed by atoms with van der Waals surface area (Å²) in [5.41, 5.74) is 0.198. The molecule has 7 nitrogen and oxygen atoms in total. The van der Waals surface area contributed by atoms with Crippen LogP contribution in [0.4, 0.5) is 4.39 Å². The molecular weight excluding hydrogens is 403 g/mol. The van der Waals surface area contributed by atoms with Crippen molar-refractivity contribution >= 4 is 22.9 Å². The molecule has 31 heavy (non-hydrogen) atoms. The zero-order valence-electron chi connectivity index (χ0n) is 17.3. The first-order valence-corrected chi connectivity index (χ1v) is 10.4. The van der Waals surface area contributed by atoms with Crippen LogP contribution < -0.4 is 0 Å². The van der Waals surface area contributed by atoms with Crippen LogP contribution in [0.25, 0.3) is 11.0 Å². The Morgan fingerprint density at radius 1 is 1.29 bits per heavy atom. The van der Waals surface area contributed by atoms with Gasteiger partial charge in [0.15, 0.2) is 5.58 Å². The highest BCUT2D eigenvalue weighted by Gasteiger charge is 2.44. The number of allylic oxidation sites excluding steroid dienone is 2. The minimum absolute atomic E-state index is 0.142. The van der Waals surface area contributed by atoms with Crippen LogP contribution in [0.2, 0.25) is 0 Å². The molecule has 164 valence electrons. The number of aromatic nitrogens is 1. The Morgan fingerprint density at radius 3 is 2.71 bits per heavy atom. The molecular formula is C23H25FN2O5. The topological polar surface area (TPSA) is 104 Å². The smallest absolute Gasteiger partial charge is 0.331 e. The van der Waals surface area contributed by atoms with Crippen molar-refractivity contribution in [2.24, 2.45) is 11.3 Å². The fraction of sp³-hybridized carbons (Fsp3) is 0.435. The lowest BCUT2D eigenvalue weighted by Crippen LogP contribution is -2.41. The second kappa shape index (κ2) is 8.26. The number of benzene rings is 1. The van der Waals surface area contributed by atoms with Crippen molar-refractivity contribution in [2.45, 2.75) is 32.1 Å². The Morgan fingerprint density at radius 2 is 2.03 bits per heavy atom. The van der Waals surface area contributed by atoms with Gasteiger partial charge in [-0.15, -0.1) is 0 Å². The van der Waals surface area contributed by atoms with Crippen molar-refractivity contribution in [3.05, 3.63) is 53.5 Å². The summed E-state index contributed by atoms with van der Waals surface area (Å²) in [4.78, 5) is 25.8. The van der Waals surface area contributed by atoms with Crippen LogP contribution >= 0.6 is 0 Å². The summed E-state index contributed by atoms with van der Waals surface area (Å²) in [7, 11) is 0. The van der Waals surface area contributed by atoms with Crippen molar-refractivity contribution in [1.29, 1.82) is 0 Å². The summed E-state index contributed by atoms with van der Waals surface area (Å²) >= 11 is 0. The highest BCUT2D eigenvalue weighted by Crippen LogP contribution is 2.41. The van der Waals surface area contributed by atoms with Gasteiger partial charge >= 0.3 is 11.9 Å². The first kappa shape index (κ1) is 21.2. The normalized spacial score (nSPS) is 25.0. The third-order valence-electron chi connectivity index (χ3n) is 6.70. The van der Waals surface area contributed by atoms with Gasteiger partial charge in [-0.3, -0.25) is 4.79 Å². The van der Waals surface area contributed by atoms with Crippen molar-refractivity contribution in [3.63, 3.8) is 0 Å². The maximum Gasteiger partial charge on any atom is 0.331 e. The minimum atomic E-state index is -1.24. The summed E-state index contributed by atoms with van der Waals surface area (Å²) in [6, 6.07) is 4.45. The number of carboxylic acid groups (broad SMARTS) is 2. The van der Waals surface area contributed by atoms with E-state index >= 15 is 0 Å². The molecule has 2 aromatic rings. The standard InChI is InChI=1S/C23H25FN2O5/c1-23(22(29)30)9-2-3-16(21(27)28)18(23)8-12-26-10-6-14(7-11-26)20-17-5-4-15(24)13-19(17)31-25-20/h2-5,9,13-14,18H,6-8,10-12H2,1H3,(H,27,28)(H,29,30). The lowest BCUT2D eigenvalue weighted by Gasteiger charge is -2.37. The van der Waals surface area contributed by atoms with Gasteiger partial charge < -0.3 is 19.6 Å². The van der Waals surface area contributed by atoms with Crippen LogP contribution in [0.1, 0.15) is 37.8 Å². The van der Waals surface area contributed by atoms with Gasteiger partial charge in [-0.25, -0.2) is 9.18 Å². The van der Waals surface area contributed by atoms with Crippen molar-refractivity contribution < 1.29 is 28.7 Å². The molecule has 0 bridgehead atoms. The number of carboxylic acids is 2. The second-order valence-electron chi connectivity index (χ2n) is 8.54. The highest BCUT2D eigenvalue weighted by atomic mass is 19.1. The van der Waals surface area contributed by atoms with Gasteiger partial charge in [0.25, 0.3) is 0 Å². The Bertz CT molecular complexity index is 1070. The van der Waals surface area contributed by atoms with Gasteiger partial charge in [-0.05, 0) is 58.0 Å². The molecule has 0 spiro atoms. The molecule has 1 aliphatic heterocycles. The van der Waals surface area contributed by atoms with Gasteiger partial charge in [-0.1, -0.05) is 23.4 Å². The van der Waals surface area contributed by atoms with Crippen LogP contribution in [0.3, 0.4) is 0 Å². The van der Waals surface area contributed by atoms with E-state index in [0.29, 0.717) is 18.5 Å². The minimum Gasteiger partial charge on any atom is -0.481 e. The van der Waals surface area contributed by atoms with E-state index < -0.39 is 23.3 Å². The lowest BCUT2D eigenvalue weighted by molar-refractivity contribution is -0.148. The fourth-order valence-corrected chi connectivity index (χ4v) is 4.77. The van der Waals surface area contributed by atoms with Gasteiger partial charge in [0.2, 0.25) is 0 Å². The predicted molar refractivity (Wildman–Crippen MR) is 111 cm³/mol. The number of halogens is 1. The van der Waals surface area contributed by atoms with Crippen LogP contribution in [0.5, 0.6) is 0 Å². The molecule has 1 aromatic heterocycles. The predicted octanol–water partition coefficient (Wildman–Crippen LogP) is 3.82. The Balaban J connectivity index is 1.40. The number of piperidine rings is 1. The largest absolute Gasteiger partial charge is 0.481 e. The van der Waals surface area contributed by atoms with E-state index in [4.69, 9.17) is 4.52 Å². The molecule has 2 heterocycles. The Labute approximate surface area is 178 Å².